The summed E-state index contributed by atoms with van der Waals surface area (Å²) in [6.07, 6.45) is 1.51. The Morgan fingerprint density at radius 3 is 3.06 bits per heavy atom. The molecular formula is C12H10N2O4. The van der Waals surface area contributed by atoms with Gasteiger partial charge in [-0.25, -0.2) is 0 Å². The van der Waals surface area contributed by atoms with Crippen LogP contribution in [0.4, 0.5) is 0 Å². The first kappa shape index (κ1) is 10.6. The van der Waals surface area contributed by atoms with E-state index in [-0.39, 0.29) is 13.2 Å². The number of aromatic nitrogens is 2. The Morgan fingerprint density at radius 1 is 1.39 bits per heavy atom. The predicted octanol–water partition coefficient (Wildman–Crippen LogP) is 1.43. The van der Waals surface area contributed by atoms with E-state index in [0.29, 0.717) is 17.2 Å². The van der Waals surface area contributed by atoms with Crippen LogP contribution in [0.1, 0.15) is 5.69 Å². The summed E-state index contributed by atoms with van der Waals surface area (Å²) in [5.74, 6) is 0.457. The third-order valence-corrected chi connectivity index (χ3v) is 2.73. The highest BCUT2D eigenvalue weighted by Gasteiger charge is 2.16. The molecule has 6 nitrogen and oxygen atoms in total. The van der Waals surface area contributed by atoms with Crippen molar-refractivity contribution in [2.45, 2.75) is 6.42 Å². The number of fused-ring (bicyclic) bond motifs is 1. The van der Waals surface area contributed by atoms with Gasteiger partial charge in [0.15, 0.2) is 11.5 Å². The first-order valence-electron chi connectivity index (χ1n) is 5.38. The summed E-state index contributed by atoms with van der Waals surface area (Å²) >= 11 is 0. The van der Waals surface area contributed by atoms with Gasteiger partial charge in [0.2, 0.25) is 6.79 Å². The lowest BCUT2D eigenvalue weighted by molar-refractivity contribution is -0.136. The SMILES string of the molecule is O=C(O)Cc1[nH]ncc1-c1ccc2c(c1)OCO2. The average molecular weight is 246 g/mol. The molecule has 2 aromatic rings. The van der Waals surface area contributed by atoms with Crippen molar-refractivity contribution in [2.75, 3.05) is 6.79 Å². The van der Waals surface area contributed by atoms with Crippen LogP contribution in [0.3, 0.4) is 0 Å². The Bertz CT molecular complexity index is 606. The van der Waals surface area contributed by atoms with Gasteiger partial charge in [0.05, 0.1) is 18.3 Å². The number of aliphatic carboxylic acids is 1. The number of benzene rings is 1. The number of carboxylic acids is 1. The van der Waals surface area contributed by atoms with Gasteiger partial charge in [0, 0.05) is 5.56 Å². The minimum absolute atomic E-state index is 0.0935. The van der Waals surface area contributed by atoms with Gasteiger partial charge < -0.3 is 14.6 Å². The van der Waals surface area contributed by atoms with E-state index in [2.05, 4.69) is 10.2 Å². The average Bonchev–Trinajstić information content (AvgIpc) is 2.95. The van der Waals surface area contributed by atoms with E-state index in [0.717, 1.165) is 11.1 Å². The maximum Gasteiger partial charge on any atom is 0.309 e. The second-order valence-corrected chi connectivity index (χ2v) is 3.90. The van der Waals surface area contributed by atoms with E-state index < -0.39 is 5.97 Å². The second-order valence-electron chi connectivity index (χ2n) is 3.90. The van der Waals surface area contributed by atoms with Crippen molar-refractivity contribution in [3.8, 4) is 22.6 Å². The molecule has 1 aromatic heterocycles. The number of nitrogens with zero attached hydrogens (tertiary/aromatic N) is 1. The highest BCUT2D eigenvalue weighted by atomic mass is 16.7. The fraction of sp³-hybridized carbons (Fsp3) is 0.167. The van der Waals surface area contributed by atoms with E-state index in [4.69, 9.17) is 14.6 Å². The van der Waals surface area contributed by atoms with Crippen molar-refractivity contribution < 1.29 is 19.4 Å². The monoisotopic (exact) mass is 246 g/mol. The van der Waals surface area contributed by atoms with Crippen LogP contribution in [0, 0.1) is 0 Å². The lowest BCUT2D eigenvalue weighted by atomic mass is 10.0. The van der Waals surface area contributed by atoms with Gasteiger partial charge in [-0.2, -0.15) is 5.10 Å². The molecule has 18 heavy (non-hydrogen) atoms. The molecule has 0 radical (unpaired) electrons. The topological polar surface area (TPSA) is 84.4 Å². The zero-order valence-corrected chi connectivity index (χ0v) is 9.34. The number of ether oxygens (including phenoxy) is 2. The fourth-order valence-corrected chi connectivity index (χ4v) is 1.91. The molecule has 2 N–H and O–H groups in total. The molecule has 0 saturated carbocycles. The van der Waals surface area contributed by atoms with E-state index in [1.54, 1.807) is 12.3 Å². The smallest absolute Gasteiger partial charge is 0.309 e. The van der Waals surface area contributed by atoms with E-state index in [9.17, 15) is 4.79 Å². The minimum atomic E-state index is -0.902. The normalized spacial score (nSPS) is 12.7. The molecular weight excluding hydrogens is 236 g/mol. The van der Waals surface area contributed by atoms with Gasteiger partial charge >= 0.3 is 5.97 Å². The van der Waals surface area contributed by atoms with Crippen LogP contribution < -0.4 is 9.47 Å². The number of hydrogen-bond donors (Lipinski definition) is 2. The van der Waals surface area contributed by atoms with E-state index >= 15 is 0 Å². The van der Waals surface area contributed by atoms with Crippen molar-refractivity contribution in [3.63, 3.8) is 0 Å². The summed E-state index contributed by atoms with van der Waals surface area (Å²) in [5.41, 5.74) is 2.18. The van der Waals surface area contributed by atoms with Crippen LogP contribution >= 0.6 is 0 Å². The molecule has 0 spiro atoms. The number of nitrogens with one attached hydrogen (secondary N) is 1. The zero-order valence-electron chi connectivity index (χ0n) is 9.34. The van der Waals surface area contributed by atoms with Crippen molar-refractivity contribution in [3.05, 3.63) is 30.1 Å². The Kier molecular flexibility index (Phi) is 2.40. The standard InChI is InChI=1S/C12H10N2O4/c15-12(16)4-9-8(5-13-14-9)7-1-2-10-11(3-7)18-6-17-10/h1-3,5H,4,6H2,(H,13,14)(H,15,16). The number of rotatable bonds is 3. The lowest BCUT2D eigenvalue weighted by Gasteiger charge is -2.03. The molecule has 3 rings (SSSR count). The Labute approximate surface area is 102 Å². The molecule has 1 aromatic carbocycles. The van der Waals surface area contributed by atoms with Crippen LogP contribution in [0.5, 0.6) is 11.5 Å². The van der Waals surface area contributed by atoms with Gasteiger partial charge in [-0.05, 0) is 17.7 Å². The summed E-state index contributed by atoms with van der Waals surface area (Å²) in [5, 5.41) is 15.4. The summed E-state index contributed by atoms with van der Waals surface area (Å²) < 4.78 is 10.5. The molecule has 0 atom stereocenters. The van der Waals surface area contributed by atoms with Crippen molar-refractivity contribution in [2.24, 2.45) is 0 Å². The molecule has 1 aliphatic rings. The number of carboxylic acid groups (broad SMARTS) is 1. The van der Waals surface area contributed by atoms with Crippen LogP contribution in [-0.2, 0) is 11.2 Å². The number of carbonyl (C=O) groups is 1. The van der Waals surface area contributed by atoms with Crippen molar-refractivity contribution in [1.82, 2.24) is 10.2 Å². The van der Waals surface area contributed by atoms with Crippen LogP contribution in [-0.4, -0.2) is 28.1 Å². The minimum Gasteiger partial charge on any atom is -0.481 e. The molecule has 1 aliphatic heterocycles. The van der Waals surface area contributed by atoms with Crippen molar-refractivity contribution in [1.29, 1.82) is 0 Å². The molecule has 0 bridgehead atoms. The quantitative estimate of drug-likeness (QED) is 0.855. The fourth-order valence-electron chi connectivity index (χ4n) is 1.91. The van der Waals surface area contributed by atoms with Gasteiger partial charge in [-0.1, -0.05) is 6.07 Å². The molecule has 0 saturated heterocycles. The largest absolute Gasteiger partial charge is 0.481 e. The van der Waals surface area contributed by atoms with Crippen LogP contribution in [0.25, 0.3) is 11.1 Å². The number of aromatic amines is 1. The van der Waals surface area contributed by atoms with E-state index in [1.165, 1.54) is 0 Å². The molecule has 6 heteroatoms. The zero-order chi connectivity index (χ0) is 12.5. The Morgan fingerprint density at radius 2 is 2.22 bits per heavy atom. The third kappa shape index (κ3) is 1.77. The number of hydrogen-bond acceptors (Lipinski definition) is 4. The molecule has 0 aliphatic carbocycles. The van der Waals surface area contributed by atoms with Crippen LogP contribution in [0.2, 0.25) is 0 Å². The van der Waals surface area contributed by atoms with Gasteiger partial charge in [-0.15, -0.1) is 0 Å². The van der Waals surface area contributed by atoms with E-state index in [1.807, 2.05) is 12.1 Å². The molecule has 0 amide bonds. The number of H-pyrrole nitrogens is 1. The summed E-state index contributed by atoms with van der Waals surface area (Å²) in [4.78, 5) is 10.7. The highest BCUT2D eigenvalue weighted by Crippen LogP contribution is 2.36. The molecule has 0 unspecified atom stereocenters. The maximum atomic E-state index is 10.7. The first-order chi connectivity index (χ1) is 8.74. The molecule has 0 fully saturated rings. The first-order valence-corrected chi connectivity index (χ1v) is 5.38. The summed E-state index contributed by atoms with van der Waals surface area (Å²) in [6, 6.07) is 5.47. The molecule has 2 heterocycles. The van der Waals surface area contributed by atoms with Gasteiger partial charge in [-0.3, -0.25) is 9.89 Å². The van der Waals surface area contributed by atoms with Gasteiger partial charge in [0.25, 0.3) is 0 Å². The highest BCUT2D eigenvalue weighted by molar-refractivity contribution is 5.76. The second kappa shape index (κ2) is 4.06. The van der Waals surface area contributed by atoms with Crippen LogP contribution in [0.15, 0.2) is 24.4 Å². The lowest BCUT2D eigenvalue weighted by Crippen LogP contribution is -2.01. The predicted molar refractivity (Wildman–Crippen MR) is 61.5 cm³/mol. The maximum absolute atomic E-state index is 10.7. The van der Waals surface area contributed by atoms with Crippen molar-refractivity contribution >= 4 is 5.97 Å². The Balaban J connectivity index is 1.99. The third-order valence-electron chi connectivity index (χ3n) is 2.73. The molecule has 92 valence electrons. The summed E-state index contributed by atoms with van der Waals surface area (Å²) in [6.45, 7) is 0.214. The Hall–Kier alpha value is -2.50. The van der Waals surface area contributed by atoms with Gasteiger partial charge in [0.1, 0.15) is 0 Å². The summed E-state index contributed by atoms with van der Waals surface area (Å²) in [7, 11) is 0.